The van der Waals surface area contributed by atoms with Gasteiger partial charge in [-0.25, -0.2) is 0 Å². The maximum atomic E-state index is 5.28. The van der Waals surface area contributed by atoms with Crippen molar-refractivity contribution in [2.45, 2.75) is 36.9 Å². The van der Waals surface area contributed by atoms with Gasteiger partial charge >= 0.3 is 0 Å². The van der Waals surface area contributed by atoms with E-state index in [2.05, 4.69) is 24.5 Å². The van der Waals surface area contributed by atoms with Crippen LogP contribution in [0.15, 0.2) is 0 Å². The first kappa shape index (κ1) is 10.2. The molecule has 70 valence electrons. The summed E-state index contributed by atoms with van der Waals surface area (Å²) in [5.41, 5.74) is 0. The fourth-order valence-electron chi connectivity index (χ4n) is 2.52. The lowest BCUT2D eigenvalue weighted by Gasteiger charge is -2.28. The van der Waals surface area contributed by atoms with Crippen molar-refractivity contribution in [1.29, 1.82) is 0 Å². The van der Waals surface area contributed by atoms with E-state index >= 15 is 0 Å². The molecule has 0 nitrogen and oxygen atoms in total. The smallest absolute Gasteiger partial charge is 0.104 e. The maximum Gasteiger partial charge on any atom is 0.104 e. The van der Waals surface area contributed by atoms with E-state index in [1.165, 1.54) is 32.1 Å². The average Bonchev–Trinajstić information content (AvgIpc) is 2.40. The average molecular weight is 256 g/mol. The highest BCUT2D eigenvalue weighted by Gasteiger charge is 2.46. The molecular formula is C7H13PS4. The van der Waals surface area contributed by atoms with E-state index in [4.69, 9.17) is 11.8 Å². The SMILES string of the molecule is S=P(S)(S)SC12CCC(CC1)C2. The third-order valence-corrected chi connectivity index (χ3v) is 8.21. The molecule has 0 spiro atoms. The molecular weight excluding hydrogens is 243 g/mol. The molecule has 5 heteroatoms. The van der Waals surface area contributed by atoms with Crippen molar-refractivity contribution in [3.63, 3.8) is 0 Å². The Morgan fingerprint density at radius 2 is 1.92 bits per heavy atom. The van der Waals surface area contributed by atoms with Crippen molar-refractivity contribution in [3.8, 4) is 0 Å². The third kappa shape index (κ3) is 2.20. The second kappa shape index (κ2) is 3.37. The summed E-state index contributed by atoms with van der Waals surface area (Å²) in [5.74, 6) is 1.00. The summed E-state index contributed by atoms with van der Waals surface area (Å²) in [5, 5.41) is 0. The lowest BCUT2D eigenvalue weighted by atomic mass is 10.0. The van der Waals surface area contributed by atoms with Crippen molar-refractivity contribution >= 4 is 51.3 Å². The third-order valence-electron chi connectivity index (χ3n) is 2.99. The summed E-state index contributed by atoms with van der Waals surface area (Å²) in [6.07, 6.45) is 6.95. The standard InChI is InChI=1S/C7H13PS4/c9-8(10,11)12-7-3-1-6(5-7)2-4-7/h6H,1-5H2,(H2,9,10,11). The molecule has 0 aromatic heterocycles. The van der Waals surface area contributed by atoms with E-state index in [9.17, 15) is 0 Å². The van der Waals surface area contributed by atoms with Gasteiger partial charge in [-0.1, -0.05) is 23.2 Å². The molecule has 0 radical (unpaired) electrons. The monoisotopic (exact) mass is 256 g/mol. The van der Waals surface area contributed by atoms with Crippen LogP contribution in [0.2, 0.25) is 0 Å². The minimum Gasteiger partial charge on any atom is -0.122 e. The van der Waals surface area contributed by atoms with Crippen LogP contribution < -0.4 is 0 Å². The summed E-state index contributed by atoms with van der Waals surface area (Å²) < 4.78 is -1.13. The van der Waals surface area contributed by atoms with Crippen LogP contribution in [0, 0.1) is 5.92 Å². The van der Waals surface area contributed by atoms with E-state index in [0.29, 0.717) is 4.75 Å². The Kier molecular flexibility index (Phi) is 2.87. The van der Waals surface area contributed by atoms with Crippen LogP contribution in [-0.2, 0) is 11.8 Å². The van der Waals surface area contributed by atoms with E-state index < -0.39 is 3.64 Å². The topological polar surface area (TPSA) is 0 Å². The molecule has 0 amide bonds. The summed E-state index contributed by atoms with van der Waals surface area (Å²) in [6, 6.07) is 0. The summed E-state index contributed by atoms with van der Waals surface area (Å²) >= 11 is 16.0. The highest BCUT2D eigenvalue weighted by Crippen LogP contribution is 2.75. The van der Waals surface area contributed by atoms with E-state index in [1.54, 1.807) is 0 Å². The van der Waals surface area contributed by atoms with Crippen molar-refractivity contribution < 1.29 is 0 Å². The van der Waals surface area contributed by atoms with Gasteiger partial charge in [0.25, 0.3) is 0 Å². The zero-order valence-electron chi connectivity index (χ0n) is 6.77. The number of thiol groups is 2. The maximum absolute atomic E-state index is 5.28. The van der Waals surface area contributed by atoms with Gasteiger partial charge in [0.15, 0.2) is 0 Å². The van der Waals surface area contributed by atoms with Crippen LogP contribution in [0.1, 0.15) is 32.1 Å². The van der Waals surface area contributed by atoms with Gasteiger partial charge in [-0.2, -0.15) is 0 Å². The van der Waals surface area contributed by atoms with Crippen LogP contribution in [0.25, 0.3) is 0 Å². The minimum atomic E-state index is -1.63. The van der Waals surface area contributed by atoms with Gasteiger partial charge in [0.1, 0.15) is 3.64 Å². The van der Waals surface area contributed by atoms with Crippen LogP contribution in [-0.4, -0.2) is 4.75 Å². The van der Waals surface area contributed by atoms with Crippen molar-refractivity contribution in [3.05, 3.63) is 0 Å². The fourth-order valence-corrected chi connectivity index (χ4v) is 10.6. The lowest BCUT2D eigenvalue weighted by Crippen LogP contribution is -2.15. The van der Waals surface area contributed by atoms with E-state index in [-0.39, 0.29) is 0 Å². The second-order valence-corrected chi connectivity index (χ2v) is 18.3. The molecule has 0 atom stereocenters. The minimum absolute atomic E-state index is 0.504. The van der Waals surface area contributed by atoms with E-state index in [1.807, 2.05) is 11.4 Å². The Labute approximate surface area is 93.7 Å². The van der Waals surface area contributed by atoms with Gasteiger partial charge in [0.2, 0.25) is 0 Å². The van der Waals surface area contributed by atoms with Gasteiger partial charge in [0, 0.05) is 4.75 Å². The molecule has 2 bridgehead atoms. The zero-order valence-corrected chi connectivity index (χ0v) is 11.1. The molecule has 0 N–H and O–H groups in total. The summed E-state index contributed by atoms with van der Waals surface area (Å²) in [4.78, 5) is 0. The highest BCUT2D eigenvalue weighted by atomic mass is 33.5. The first-order valence-corrected chi connectivity index (χ1v) is 10.8. The van der Waals surface area contributed by atoms with Gasteiger partial charge in [-0.3, -0.25) is 0 Å². The van der Waals surface area contributed by atoms with Crippen molar-refractivity contribution in [2.75, 3.05) is 0 Å². The second-order valence-electron chi connectivity index (χ2n) is 3.91. The Morgan fingerprint density at radius 1 is 1.33 bits per heavy atom. The Morgan fingerprint density at radius 3 is 2.25 bits per heavy atom. The van der Waals surface area contributed by atoms with Gasteiger partial charge in [-0.15, -0.1) is 24.5 Å². The lowest BCUT2D eigenvalue weighted by molar-refractivity contribution is 0.501. The Hall–Kier alpha value is 1.70. The summed E-state index contributed by atoms with van der Waals surface area (Å²) in [6.45, 7) is 0. The molecule has 0 aromatic carbocycles. The molecule has 2 saturated carbocycles. The molecule has 12 heavy (non-hydrogen) atoms. The van der Waals surface area contributed by atoms with Crippen LogP contribution in [0.3, 0.4) is 0 Å². The largest absolute Gasteiger partial charge is 0.122 e. The quantitative estimate of drug-likeness (QED) is 0.563. The molecule has 0 saturated heterocycles. The Balaban J connectivity index is 2.08. The highest BCUT2D eigenvalue weighted by molar-refractivity contribution is 9.17. The number of hydrogen-bond acceptors (Lipinski definition) is 2. The molecule has 2 fully saturated rings. The normalized spacial score (nSPS) is 40.7. The first-order valence-electron chi connectivity index (χ1n) is 4.25. The van der Waals surface area contributed by atoms with Crippen molar-refractivity contribution in [2.24, 2.45) is 5.92 Å². The molecule has 0 heterocycles. The summed E-state index contributed by atoms with van der Waals surface area (Å²) in [7, 11) is 0. The number of rotatable bonds is 2. The van der Waals surface area contributed by atoms with Gasteiger partial charge in [0.05, 0.1) is 0 Å². The number of fused-ring (bicyclic) bond motifs is 2. The van der Waals surface area contributed by atoms with Crippen molar-refractivity contribution in [1.82, 2.24) is 0 Å². The number of hydrogen-bond donors (Lipinski definition) is 2. The predicted molar refractivity (Wildman–Crippen MR) is 69.2 cm³/mol. The molecule has 2 aliphatic rings. The first-order chi connectivity index (χ1) is 5.49. The molecule has 0 aliphatic heterocycles. The molecule has 0 unspecified atom stereocenters. The van der Waals surface area contributed by atoms with Crippen LogP contribution in [0.4, 0.5) is 0 Å². The molecule has 2 aliphatic carbocycles. The predicted octanol–water partition coefficient (Wildman–Crippen LogP) is 4.14. The Bertz CT molecular complexity index is 226. The van der Waals surface area contributed by atoms with Crippen LogP contribution in [0.5, 0.6) is 0 Å². The van der Waals surface area contributed by atoms with E-state index in [0.717, 1.165) is 5.92 Å². The molecule has 0 aromatic rings. The van der Waals surface area contributed by atoms with Crippen LogP contribution >= 0.6 is 39.5 Å². The fraction of sp³-hybridized carbons (Fsp3) is 1.00. The molecule has 2 rings (SSSR count). The van der Waals surface area contributed by atoms with Gasteiger partial charge in [-0.05, 0) is 38.0 Å². The van der Waals surface area contributed by atoms with Gasteiger partial charge < -0.3 is 0 Å². The zero-order chi connectivity index (χ0) is 8.82.